The van der Waals surface area contributed by atoms with Gasteiger partial charge in [-0.3, -0.25) is 4.58 Å². The Morgan fingerprint density at radius 3 is 2.83 bits per heavy atom. The lowest BCUT2D eigenvalue weighted by molar-refractivity contribution is -0.635. The topological polar surface area (TPSA) is 87.5 Å². The van der Waals surface area contributed by atoms with Crippen molar-refractivity contribution in [3.63, 3.8) is 0 Å². The molecule has 0 fully saturated rings. The van der Waals surface area contributed by atoms with Crippen molar-refractivity contribution in [3.8, 4) is 0 Å². The number of rotatable bonds is 1. The number of nitrogens with one attached hydrogen (secondary N) is 1. The van der Waals surface area contributed by atoms with Crippen molar-refractivity contribution >= 4 is 22.9 Å². The summed E-state index contributed by atoms with van der Waals surface area (Å²) < 4.78 is 22.5. The van der Waals surface area contributed by atoms with Gasteiger partial charge in [0.25, 0.3) is 0 Å². The van der Waals surface area contributed by atoms with E-state index in [2.05, 4.69) is 38.5 Å². The van der Waals surface area contributed by atoms with Gasteiger partial charge in [-0.15, -0.1) is 0 Å². The largest absolute Gasteiger partial charge is 0.750 e. The molecular formula is C11H13N2O4S-. The highest BCUT2D eigenvalue weighted by Gasteiger charge is 2.26. The predicted molar refractivity (Wildman–Crippen MR) is 63.1 cm³/mol. The van der Waals surface area contributed by atoms with Crippen molar-refractivity contribution in [1.29, 1.82) is 0 Å². The Balaban J connectivity index is 0.000000209. The molecule has 2 aliphatic heterocycles. The highest BCUT2D eigenvalue weighted by atomic mass is 32.2. The molecule has 0 saturated heterocycles. The van der Waals surface area contributed by atoms with E-state index in [0.717, 1.165) is 6.54 Å². The zero-order valence-corrected chi connectivity index (χ0v) is 10.4. The molecule has 2 heterocycles. The smallest absolute Gasteiger partial charge is 0.250 e. The molecular weight excluding hydrogens is 256 g/mol. The van der Waals surface area contributed by atoms with Crippen LogP contribution in [0.2, 0.25) is 0 Å². The van der Waals surface area contributed by atoms with Gasteiger partial charge in [-0.25, -0.2) is 9.53 Å². The van der Waals surface area contributed by atoms with Crippen LogP contribution in [0.15, 0.2) is 24.3 Å². The third kappa shape index (κ3) is 3.14. The van der Waals surface area contributed by atoms with Gasteiger partial charge < -0.3 is 14.1 Å². The molecule has 0 radical (unpaired) electrons. The average molecular weight is 269 g/mol. The predicted octanol–water partition coefficient (Wildman–Crippen LogP) is -0.111. The van der Waals surface area contributed by atoms with Crippen molar-refractivity contribution in [2.24, 2.45) is 0 Å². The first-order chi connectivity index (χ1) is 8.70. The number of fused-ring (bicyclic) bond motifs is 1. The molecule has 0 amide bonds. The molecule has 0 saturated carbocycles. The first-order valence-electron chi connectivity index (χ1n) is 5.56. The fraction of sp³-hybridized carbons (Fsp3) is 0.364. The number of benzene rings is 1. The van der Waals surface area contributed by atoms with E-state index in [4.69, 9.17) is 14.0 Å². The van der Waals surface area contributed by atoms with E-state index in [1.54, 1.807) is 0 Å². The van der Waals surface area contributed by atoms with Crippen LogP contribution in [0.5, 0.6) is 0 Å². The summed E-state index contributed by atoms with van der Waals surface area (Å²) in [6, 6.07) is 8.58. The Labute approximate surface area is 107 Å². The van der Waals surface area contributed by atoms with Crippen LogP contribution in [0.1, 0.15) is 18.4 Å². The molecule has 0 bridgehead atoms. The molecule has 1 aromatic rings. The van der Waals surface area contributed by atoms with Gasteiger partial charge in [-0.1, -0.05) is 18.2 Å². The summed E-state index contributed by atoms with van der Waals surface area (Å²) in [6.45, 7) is 2.31. The maximum absolute atomic E-state index is 8.83. The van der Waals surface area contributed by atoms with E-state index >= 15 is 0 Å². The van der Waals surface area contributed by atoms with E-state index in [1.165, 1.54) is 36.5 Å². The molecule has 1 aromatic carbocycles. The van der Waals surface area contributed by atoms with E-state index in [0.29, 0.717) is 0 Å². The quantitative estimate of drug-likeness (QED) is 0.332. The molecule has 98 valence electrons. The Morgan fingerprint density at radius 1 is 1.39 bits per heavy atom. The normalized spacial score (nSPS) is 18.1. The summed E-state index contributed by atoms with van der Waals surface area (Å²) in [5.74, 6) is 1.42. The van der Waals surface area contributed by atoms with E-state index in [1.807, 2.05) is 0 Å². The van der Waals surface area contributed by atoms with Crippen LogP contribution >= 0.6 is 0 Å². The molecule has 1 atom stereocenters. The summed E-state index contributed by atoms with van der Waals surface area (Å²) in [6.07, 6.45) is 2.52. The Hall–Kier alpha value is -1.28. The molecule has 1 unspecified atom stereocenters. The monoisotopic (exact) mass is 269 g/mol. The Kier molecular flexibility index (Phi) is 4.43. The van der Waals surface area contributed by atoms with Crippen LogP contribution in [0.3, 0.4) is 0 Å². The minimum Gasteiger partial charge on any atom is -0.750 e. The summed E-state index contributed by atoms with van der Waals surface area (Å²) in [5, 5.41) is 12.0. The summed E-state index contributed by atoms with van der Waals surface area (Å²) in [4.78, 5) is 0. The van der Waals surface area contributed by atoms with Gasteiger partial charge in [-0.2, -0.15) is 0 Å². The van der Waals surface area contributed by atoms with Crippen LogP contribution in [-0.2, 0) is 22.2 Å². The van der Waals surface area contributed by atoms with Gasteiger partial charge in [0, 0.05) is 5.56 Å². The summed E-state index contributed by atoms with van der Waals surface area (Å²) in [7, 11) is 0. The fourth-order valence-electron chi connectivity index (χ4n) is 2.19. The molecule has 0 aliphatic carbocycles. The molecule has 0 spiro atoms. The maximum Gasteiger partial charge on any atom is 0.250 e. The third-order valence-electron chi connectivity index (χ3n) is 2.94. The SMILES string of the molecule is O=S([O-])O[O-].c1ccc2c(c1)C[N+]1=C(CCC1)N2. The zero-order valence-electron chi connectivity index (χ0n) is 9.63. The lowest BCUT2D eigenvalue weighted by Crippen LogP contribution is -2.27. The van der Waals surface area contributed by atoms with Crippen molar-refractivity contribution in [2.75, 3.05) is 11.9 Å². The van der Waals surface area contributed by atoms with Gasteiger partial charge in [0.15, 0.2) is 0 Å². The highest BCUT2D eigenvalue weighted by molar-refractivity contribution is 7.73. The average Bonchev–Trinajstić information content (AvgIpc) is 2.83. The molecule has 7 heteroatoms. The van der Waals surface area contributed by atoms with Gasteiger partial charge in [0.1, 0.15) is 12.2 Å². The zero-order chi connectivity index (χ0) is 13.0. The fourth-order valence-corrected chi connectivity index (χ4v) is 2.19. The van der Waals surface area contributed by atoms with Gasteiger partial charge in [0.2, 0.25) is 5.84 Å². The van der Waals surface area contributed by atoms with Gasteiger partial charge >= 0.3 is 0 Å². The van der Waals surface area contributed by atoms with Crippen LogP contribution in [0.4, 0.5) is 5.69 Å². The number of hydrogen-bond acceptors (Lipinski definition) is 5. The second-order valence-electron chi connectivity index (χ2n) is 4.03. The molecule has 2 aliphatic rings. The number of anilines is 1. The first kappa shape index (κ1) is 13.2. The van der Waals surface area contributed by atoms with Crippen LogP contribution < -0.4 is 10.6 Å². The van der Waals surface area contributed by atoms with Crippen LogP contribution in [0.25, 0.3) is 0 Å². The Morgan fingerprint density at radius 2 is 2.11 bits per heavy atom. The van der Waals surface area contributed by atoms with Crippen molar-refractivity contribution in [3.05, 3.63) is 29.8 Å². The van der Waals surface area contributed by atoms with E-state index < -0.39 is 11.4 Å². The number of para-hydroxylation sites is 1. The second-order valence-corrected chi connectivity index (χ2v) is 4.57. The van der Waals surface area contributed by atoms with Crippen LogP contribution in [-0.4, -0.2) is 25.7 Å². The van der Waals surface area contributed by atoms with E-state index in [9.17, 15) is 0 Å². The number of nitrogens with zero attached hydrogens (tertiary/aromatic N) is 1. The molecule has 3 rings (SSSR count). The number of amidine groups is 1. The standard InChI is InChI=1S/C11H12N2.H2O4S/c1-2-5-10-9(4-1)8-13-7-3-6-11(13)12-10;1-4-5(2)3/h1-2,4-5H,3,6-8H2;1H,(H,2,3)/p-1. The summed E-state index contributed by atoms with van der Waals surface area (Å²) >= 11 is -2.88. The van der Waals surface area contributed by atoms with E-state index in [-0.39, 0.29) is 0 Å². The van der Waals surface area contributed by atoms with Gasteiger partial charge in [-0.05, 0) is 12.5 Å². The third-order valence-corrected chi connectivity index (χ3v) is 3.05. The lowest BCUT2D eigenvalue weighted by Gasteiger charge is -2.14. The van der Waals surface area contributed by atoms with Crippen LogP contribution in [0, 0.1) is 0 Å². The molecule has 1 N–H and O–H groups in total. The lowest BCUT2D eigenvalue weighted by atomic mass is 10.1. The second kappa shape index (κ2) is 6.05. The highest BCUT2D eigenvalue weighted by Crippen LogP contribution is 2.23. The van der Waals surface area contributed by atoms with Crippen molar-refractivity contribution in [2.45, 2.75) is 19.4 Å². The maximum atomic E-state index is 8.83. The van der Waals surface area contributed by atoms with Gasteiger partial charge in [0.05, 0.1) is 24.3 Å². The summed E-state index contributed by atoms with van der Waals surface area (Å²) in [5.41, 5.74) is 2.73. The molecule has 18 heavy (non-hydrogen) atoms. The minimum atomic E-state index is -2.88. The van der Waals surface area contributed by atoms with Crippen molar-refractivity contribution < 1.29 is 22.9 Å². The molecule has 0 aromatic heterocycles. The first-order valence-corrected chi connectivity index (χ1v) is 6.56. The number of hydrogen-bond donors (Lipinski definition) is 1. The van der Waals surface area contributed by atoms with Crippen molar-refractivity contribution in [1.82, 2.24) is 0 Å². The Bertz CT molecular complexity index is 455. The minimum absolute atomic E-state index is 1.10. The molecule has 6 nitrogen and oxygen atoms in total.